The number of allylic oxidation sites excluding steroid dienone is 2. The van der Waals surface area contributed by atoms with E-state index < -0.39 is 23.2 Å². The first-order valence-corrected chi connectivity index (χ1v) is 5.09. The SMILES string of the molecule is CCOC1(C)C=C(C(F)(F)F)C(F)=C1CC. The van der Waals surface area contributed by atoms with E-state index in [1.807, 2.05) is 0 Å². The molecule has 5 heteroatoms. The third-order valence-electron chi connectivity index (χ3n) is 2.62. The standard InChI is InChI=1S/C11H14F4O/c1-4-7-9(12)8(11(13,14)15)6-10(7,3)16-5-2/h6H,4-5H2,1-3H3. The summed E-state index contributed by atoms with van der Waals surface area (Å²) in [6.07, 6.45) is -3.65. The molecule has 0 spiro atoms. The van der Waals surface area contributed by atoms with E-state index in [2.05, 4.69) is 0 Å². The Labute approximate surface area is 91.8 Å². The van der Waals surface area contributed by atoms with Crippen molar-refractivity contribution in [3.63, 3.8) is 0 Å². The molecule has 1 nitrogen and oxygen atoms in total. The van der Waals surface area contributed by atoms with Gasteiger partial charge in [-0.3, -0.25) is 0 Å². The Balaban J connectivity index is 3.21. The molecule has 0 aromatic rings. The maximum Gasteiger partial charge on any atom is 0.419 e. The maximum atomic E-state index is 13.6. The van der Waals surface area contributed by atoms with Crippen LogP contribution >= 0.6 is 0 Å². The number of hydrogen-bond acceptors (Lipinski definition) is 1. The van der Waals surface area contributed by atoms with Gasteiger partial charge in [0.05, 0.1) is 5.57 Å². The van der Waals surface area contributed by atoms with Gasteiger partial charge in [0, 0.05) is 12.2 Å². The van der Waals surface area contributed by atoms with Crippen LogP contribution < -0.4 is 0 Å². The molecule has 0 N–H and O–H groups in total. The molecule has 1 rings (SSSR count). The van der Waals surface area contributed by atoms with Gasteiger partial charge in [0.25, 0.3) is 0 Å². The van der Waals surface area contributed by atoms with Crippen LogP contribution in [0, 0.1) is 0 Å². The minimum absolute atomic E-state index is 0.0571. The molecule has 0 aromatic carbocycles. The molecule has 1 aliphatic carbocycles. The predicted octanol–water partition coefficient (Wildman–Crippen LogP) is 3.92. The van der Waals surface area contributed by atoms with E-state index in [1.165, 1.54) is 6.92 Å². The normalized spacial score (nSPS) is 26.3. The zero-order valence-corrected chi connectivity index (χ0v) is 9.41. The van der Waals surface area contributed by atoms with Crippen LogP contribution in [-0.4, -0.2) is 18.4 Å². The minimum Gasteiger partial charge on any atom is -0.367 e. The van der Waals surface area contributed by atoms with Gasteiger partial charge in [-0.1, -0.05) is 6.92 Å². The van der Waals surface area contributed by atoms with Crippen molar-refractivity contribution in [2.75, 3.05) is 6.61 Å². The first-order valence-electron chi connectivity index (χ1n) is 5.09. The van der Waals surface area contributed by atoms with Gasteiger partial charge in [-0.25, -0.2) is 4.39 Å². The third-order valence-corrected chi connectivity index (χ3v) is 2.62. The van der Waals surface area contributed by atoms with Crippen molar-refractivity contribution in [1.82, 2.24) is 0 Å². The molecule has 0 radical (unpaired) electrons. The summed E-state index contributed by atoms with van der Waals surface area (Å²) >= 11 is 0. The van der Waals surface area contributed by atoms with E-state index in [-0.39, 0.29) is 18.6 Å². The fraction of sp³-hybridized carbons (Fsp3) is 0.636. The summed E-state index contributed by atoms with van der Waals surface area (Å²) in [6.45, 7) is 4.96. The van der Waals surface area contributed by atoms with Gasteiger partial charge < -0.3 is 4.74 Å². The quantitative estimate of drug-likeness (QED) is 0.677. The molecule has 0 amide bonds. The van der Waals surface area contributed by atoms with E-state index in [0.29, 0.717) is 0 Å². The van der Waals surface area contributed by atoms with Crippen LogP contribution in [0.2, 0.25) is 0 Å². The van der Waals surface area contributed by atoms with Crippen molar-refractivity contribution in [3.8, 4) is 0 Å². The van der Waals surface area contributed by atoms with Crippen molar-refractivity contribution in [2.24, 2.45) is 0 Å². The number of rotatable bonds is 3. The van der Waals surface area contributed by atoms with E-state index in [4.69, 9.17) is 4.74 Å². The molecule has 92 valence electrons. The van der Waals surface area contributed by atoms with Gasteiger partial charge in [0.2, 0.25) is 0 Å². The molecule has 0 bridgehead atoms. The Hall–Kier alpha value is -0.840. The molecule has 0 saturated carbocycles. The molecule has 16 heavy (non-hydrogen) atoms. The largest absolute Gasteiger partial charge is 0.419 e. The van der Waals surface area contributed by atoms with Crippen LogP contribution in [0.5, 0.6) is 0 Å². The molecule has 0 fully saturated rings. The number of alkyl halides is 3. The molecule has 1 unspecified atom stereocenters. The summed E-state index contributed by atoms with van der Waals surface area (Å²) in [5.74, 6) is -1.19. The second-order valence-corrected chi connectivity index (χ2v) is 3.74. The van der Waals surface area contributed by atoms with E-state index in [9.17, 15) is 17.6 Å². The summed E-state index contributed by atoms with van der Waals surface area (Å²) in [5.41, 5.74) is -2.43. The third kappa shape index (κ3) is 2.14. The van der Waals surface area contributed by atoms with Gasteiger partial charge in [0.15, 0.2) is 0 Å². The van der Waals surface area contributed by atoms with Crippen molar-refractivity contribution in [2.45, 2.75) is 39.0 Å². The first kappa shape index (κ1) is 13.2. The molecule has 0 aromatic heterocycles. The lowest BCUT2D eigenvalue weighted by Gasteiger charge is -2.25. The molecule has 0 heterocycles. The summed E-state index contributed by atoms with van der Waals surface area (Å²) in [5, 5.41) is 0. The van der Waals surface area contributed by atoms with Crippen LogP contribution in [0.1, 0.15) is 27.2 Å². The van der Waals surface area contributed by atoms with E-state index in [0.717, 1.165) is 6.08 Å². The van der Waals surface area contributed by atoms with Gasteiger partial charge in [0.1, 0.15) is 11.4 Å². The first-order chi connectivity index (χ1) is 7.26. The second kappa shape index (κ2) is 4.20. The smallest absolute Gasteiger partial charge is 0.367 e. The van der Waals surface area contributed by atoms with Crippen LogP contribution in [0.3, 0.4) is 0 Å². The molecular formula is C11H14F4O. The van der Waals surface area contributed by atoms with Crippen LogP contribution in [0.15, 0.2) is 23.0 Å². The van der Waals surface area contributed by atoms with Gasteiger partial charge in [-0.2, -0.15) is 13.2 Å². The monoisotopic (exact) mass is 238 g/mol. The summed E-state index contributed by atoms with van der Waals surface area (Å²) < 4.78 is 56.3. The van der Waals surface area contributed by atoms with Crippen molar-refractivity contribution >= 4 is 0 Å². The Kier molecular flexibility index (Phi) is 3.47. The fourth-order valence-electron chi connectivity index (χ4n) is 1.95. The average molecular weight is 238 g/mol. The maximum absolute atomic E-state index is 13.6. The van der Waals surface area contributed by atoms with Crippen molar-refractivity contribution in [1.29, 1.82) is 0 Å². The van der Waals surface area contributed by atoms with Gasteiger partial charge in [-0.15, -0.1) is 0 Å². The zero-order chi connectivity index (χ0) is 12.6. The highest BCUT2D eigenvalue weighted by atomic mass is 19.4. The average Bonchev–Trinajstić information content (AvgIpc) is 2.38. The molecule has 0 aliphatic heterocycles. The number of ether oxygens (including phenoxy) is 1. The van der Waals surface area contributed by atoms with E-state index >= 15 is 0 Å². The summed E-state index contributed by atoms with van der Waals surface area (Å²) in [4.78, 5) is 0. The van der Waals surface area contributed by atoms with Crippen LogP contribution in [-0.2, 0) is 4.74 Å². The van der Waals surface area contributed by atoms with Crippen LogP contribution in [0.25, 0.3) is 0 Å². The van der Waals surface area contributed by atoms with Crippen LogP contribution in [0.4, 0.5) is 17.6 Å². The fourth-order valence-corrected chi connectivity index (χ4v) is 1.95. The highest BCUT2D eigenvalue weighted by molar-refractivity contribution is 5.48. The number of hydrogen-bond donors (Lipinski definition) is 0. The Morgan fingerprint density at radius 3 is 2.25 bits per heavy atom. The molecule has 1 atom stereocenters. The molecular weight excluding hydrogens is 224 g/mol. The van der Waals surface area contributed by atoms with Gasteiger partial charge >= 0.3 is 6.18 Å². The minimum atomic E-state index is -4.67. The summed E-state index contributed by atoms with van der Waals surface area (Å²) in [6, 6.07) is 0. The van der Waals surface area contributed by atoms with Crippen molar-refractivity contribution < 1.29 is 22.3 Å². The number of halogens is 4. The Morgan fingerprint density at radius 2 is 1.88 bits per heavy atom. The van der Waals surface area contributed by atoms with Crippen molar-refractivity contribution in [3.05, 3.63) is 23.0 Å². The zero-order valence-electron chi connectivity index (χ0n) is 9.41. The van der Waals surface area contributed by atoms with Gasteiger partial charge in [-0.05, 0) is 26.3 Å². The molecule has 1 aliphatic rings. The molecule has 0 saturated heterocycles. The second-order valence-electron chi connectivity index (χ2n) is 3.74. The Morgan fingerprint density at radius 1 is 1.31 bits per heavy atom. The van der Waals surface area contributed by atoms with E-state index in [1.54, 1.807) is 13.8 Å². The lowest BCUT2D eigenvalue weighted by Crippen LogP contribution is -2.27. The highest BCUT2D eigenvalue weighted by Gasteiger charge is 2.47. The lowest BCUT2D eigenvalue weighted by molar-refractivity contribution is -0.0915. The Bertz CT molecular complexity index is 340. The highest BCUT2D eigenvalue weighted by Crippen LogP contribution is 2.45. The topological polar surface area (TPSA) is 9.23 Å². The summed E-state index contributed by atoms with van der Waals surface area (Å²) in [7, 11) is 0. The predicted molar refractivity (Wildman–Crippen MR) is 52.6 cm³/mol. The lowest BCUT2D eigenvalue weighted by atomic mass is 9.97.